The molecular formula is C14H26ClN. The van der Waals surface area contributed by atoms with Gasteiger partial charge in [0.1, 0.15) is 0 Å². The van der Waals surface area contributed by atoms with E-state index < -0.39 is 0 Å². The molecule has 0 unspecified atom stereocenters. The highest BCUT2D eigenvalue weighted by Crippen LogP contribution is 2.08. The Bertz CT molecular complexity index is 255. The molecule has 0 spiro atoms. The van der Waals surface area contributed by atoms with E-state index >= 15 is 0 Å². The van der Waals surface area contributed by atoms with Crippen LogP contribution >= 0.6 is 12.4 Å². The molecule has 0 amide bonds. The highest BCUT2D eigenvalue weighted by atomic mass is 35.5. The van der Waals surface area contributed by atoms with Gasteiger partial charge < -0.3 is 4.57 Å². The molecule has 2 heteroatoms. The lowest BCUT2D eigenvalue weighted by Gasteiger charge is -2.03. The second kappa shape index (κ2) is 9.77. The first-order chi connectivity index (χ1) is 7.33. The smallest absolute Gasteiger partial charge is 0.0219 e. The lowest BCUT2D eigenvalue weighted by molar-refractivity contribution is 0.551. The van der Waals surface area contributed by atoms with Crippen LogP contribution in [0, 0.1) is 6.92 Å². The number of rotatable bonds is 8. The fourth-order valence-electron chi connectivity index (χ4n) is 1.95. The van der Waals surface area contributed by atoms with E-state index in [1.165, 1.54) is 57.1 Å². The zero-order chi connectivity index (χ0) is 10.9. The van der Waals surface area contributed by atoms with Crippen LogP contribution in [0.4, 0.5) is 0 Å². The Labute approximate surface area is 107 Å². The molecule has 0 aliphatic rings. The highest BCUT2D eigenvalue weighted by Gasteiger charge is 1.93. The van der Waals surface area contributed by atoms with E-state index in [4.69, 9.17) is 0 Å². The Hall–Kier alpha value is -0.430. The second-order valence-electron chi connectivity index (χ2n) is 4.55. The van der Waals surface area contributed by atoms with Crippen LogP contribution in [0.25, 0.3) is 0 Å². The molecule has 1 aromatic rings. The Kier molecular flexibility index (Phi) is 9.51. The standard InChI is InChI=1S/C14H25N.ClH/c1-3-4-5-6-7-8-9-11-15-12-10-14(2)13-15;/h10,12-13H,3-9,11H2,1-2H3;1H. The molecule has 1 aromatic heterocycles. The van der Waals surface area contributed by atoms with Gasteiger partial charge in [0.15, 0.2) is 0 Å². The van der Waals surface area contributed by atoms with E-state index in [9.17, 15) is 0 Å². The maximum atomic E-state index is 2.31. The summed E-state index contributed by atoms with van der Waals surface area (Å²) in [5.74, 6) is 0. The molecule has 0 saturated heterocycles. The van der Waals surface area contributed by atoms with Crippen molar-refractivity contribution in [1.82, 2.24) is 4.57 Å². The van der Waals surface area contributed by atoms with Gasteiger partial charge in [-0.1, -0.05) is 45.4 Å². The Morgan fingerprint density at radius 2 is 1.62 bits per heavy atom. The molecule has 0 radical (unpaired) electrons. The van der Waals surface area contributed by atoms with Crippen molar-refractivity contribution in [3.8, 4) is 0 Å². The third-order valence-electron chi connectivity index (χ3n) is 2.92. The van der Waals surface area contributed by atoms with Crippen molar-refractivity contribution in [2.75, 3.05) is 0 Å². The number of aromatic nitrogens is 1. The third-order valence-corrected chi connectivity index (χ3v) is 2.92. The number of nitrogens with zero attached hydrogens (tertiary/aromatic N) is 1. The van der Waals surface area contributed by atoms with Crippen molar-refractivity contribution in [2.45, 2.75) is 65.3 Å². The summed E-state index contributed by atoms with van der Waals surface area (Å²) in [6.07, 6.45) is 14.2. The van der Waals surface area contributed by atoms with E-state index in [-0.39, 0.29) is 12.4 Å². The van der Waals surface area contributed by atoms with Gasteiger partial charge in [-0.3, -0.25) is 0 Å². The molecule has 1 heterocycles. The average molecular weight is 244 g/mol. The first-order valence-corrected chi connectivity index (χ1v) is 6.45. The van der Waals surface area contributed by atoms with Crippen LogP contribution in [0.15, 0.2) is 18.5 Å². The molecule has 1 nitrogen and oxygen atoms in total. The van der Waals surface area contributed by atoms with Crippen LogP contribution in [0.2, 0.25) is 0 Å². The third kappa shape index (κ3) is 6.95. The summed E-state index contributed by atoms with van der Waals surface area (Å²) in [6, 6.07) is 2.18. The van der Waals surface area contributed by atoms with E-state index in [1.807, 2.05) is 0 Å². The molecule has 16 heavy (non-hydrogen) atoms. The van der Waals surface area contributed by atoms with E-state index in [2.05, 4.69) is 36.9 Å². The SMILES string of the molecule is CCCCCCCCCn1ccc(C)c1.Cl. The minimum Gasteiger partial charge on any atom is -0.354 e. The number of aryl methyl sites for hydroxylation is 2. The van der Waals surface area contributed by atoms with Crippen molar-refractivity contribution in [1.29, 1.82) is 0 Å². The minimum atomic E-state index is 0. The predicted molar refractivity (Wildman–Crippen MR) is 74.4 cm³/mol. The topological polar surface area (TPSA) is 4.93 Å². The molecule has 0 aliphatic heterocycles. The number of hydrogen-bond acceptors (Lipinski definition) is 0. The quantitative estimate of drug-likeness (QED) is 0.568. The Balaban J connectivity index is 0.00000225. The van der Waals surface area contributed by atoms with Crippen LogP contribution < -0.4 is 0 Å². The van der Waals surface area contributed by atoms with Gasteiger partial charge in [0.2, 0.25) is 0 Å². The van der Waals surface area contributed by atoms with Gasteiger partial charge in [-0.05, 0) is 25.0 Å². The fraction of sp³-hybridized carbons (Fsp3) is 0.714. The monoisotopic (exact) mass is 243 g/mol. The summed E-state index contributed by atoms with van der Waals surface area (Å²) in [5.41, 5.74) is 1.37. The van der Waals surface area contributed by atoms with Crippen molar-refractivity contribution in [3.05, 3.63) is 24.0 Å². The van der Waals surface area contributed by atoms with Crippen LogP contribution in [-0.4, -0.2) is 4.57 Å². The first-order valence-electron chi connectivity index (χ1n) is 6.45. The number of unbranched alkanes of at least 4 members (excludes halogenated alkanes) is 6. The van der Waals surface area contributed by atoms with Crippen LogP contribution in [0.5, 0.6) is 0 Å². The molecule has 0 atom stereocenters. The van der Waals surface area contributed by atoms with Gasteiger partial charge in [-0.2, -0.15) is 0 Å². The average Bonchev–Trinajstić information content (AvgIpc) is 2.63. The van der Waals surface area contributed by atoms with Crippen molar-refractivity contribution in [2.24, 2.45) is 0 Å². The van der Waals surface area contributed by atoms with Gasteiger partial charge in [0.25, 0.3) is 0 Å². The Morgan fingerprint density at radius 3 is 2.19 bits per heavy atom. The molecular weight excluding hydrogens is 218 g/mol. The summed E-state index contributed by atoms with van der Waals surface area (Å²) in [6.45, 7) is 5.62. The lowest BCUT2D eigenvalue weighted by Crippen LogP contribution is -1.93. The maximum Gasteiger partial charge on any atom is 0.0219 e. The van der Waals surface area contributed by atoms with Gasteiger partial charge in [-0.25, -0.2) is 0 Å². The Morgan fingerprint density at radius 1 is 1.00 bits per heavy atom. The molecule has 0 fully saturated rings. The molecule has 0 aromatic carbocycles. The second-order valence-corrected chi connectivity index (χ2v) is 4.55. The van der Waals surface area contributed by atoms with Crippen molar-refractivity contribution < 1.29 is 0 Å². The zero-order valence-electron chi connectivity index (χ0n) is 10.7. The van der Waals surface area contributed by atoms with Gasteiger partial charge in [0.05, 0.1) is 0 Å². The molecule has 94 valence electrons. The summed E-state index contributed by atoms with van der Waals surface area (Å²) < 4.78 is 2.31. The van der Waals surface area contributed by atoms with Gasteiger partial charge in [-0.15, -0.1) is 12.4 Å². The molecule has 0 N–H and O–H groups in total. The van der Waals surface area contributed by atoms with Gasteiger partial charge >= 0.3 is 0 Å². The van der Waals surface area contributed by atoms with Crippen LogP contribution in [-0.2, 0) is 6.54 Å². The summed E-state index contributed by atoms with van der Waals surface area (Å²) in [5, 5.41) is 0. The molecule has 1 rings (SSSR count). The van der Waals surface area contributed by atoms with Crippen molar-refractivity contribution >= 4 is 12.4 Å². The molecule has 0 saturated carbocycles. The first kappa shape index (κ1) is 15.6. The highest BCUT2D eigenvalue weighted by molar-refractivity contribution is 5.85. The van der Waals surface area contributed by atoms with Crippen molar-refractivity contribution in [3.63, 3.8) is 0 Å². The largest absolute Gasteiger partial charge is 0.354 e. The summed E-state index contributed by atoms with van der Waals surface area (Å²) >= 11 is 0. The summed E-state index contributed by atoms with van der Waals surface area (Å²) in [7, 11) is 0. The van der Waals surface area contributed by atoms with Crippen LogP contribution in [0.1, 0.15) is 57.4 Å². The van der Waals surface area contributed by atoms with E-state index in [1.54, 1.807) is 0 Å². The van der Waals surface area contributed by atoms with E-state index in [0.717, 1.165) is 0 Å². The minimum absolute atomic E-state index is 0. The zero-order valence-corrected chi connectivity index (χ0v) is 11.6. The predicted octanol–water partition coefficient (Wildman–Crippen LogP) is 4.97. The molecule has 0 aliphatic carbocycles. The number of halogens is 1. The number of hydrogen-bond donors (Lipinski definition) is 0. The van der Waals surface area contributed by atoms with E-state index in [0.29, 0.717) is 0 Å². The van der Waals surface area contributed by atoms with Crippen LogP contribution in [0.3, 0.4) is 0 Å². The molecule has 0 bridgehead atoms. The lowest BCUT2D eigenvalue weighted by atomic mass is 10.1. The fourth-order valence-corrected chi connectivity index (χ4v) is 1.95. The summed E-state index contributed by atoms with van der Waals surface area (Å²) in [4.78, 5) is 0. The van der Waals surface area contributed by atoms with Gasteiger partial charge in [0, 0.05) is 18.9 Å². The normalized spacial score (nSPS) is 10.1. The maximum absolute atomic E-state index is 2.31.